The van der Waals surface area contributed by atoms with Gasteiger partial charge in [0.25, 0.3) is 15.9 Å². The average molecular weight is 412 g/mol. The number of carbonyl (C=O) groups is 2. The number of nitrogens with zero attached hydrogens (tertiary/aromatic N) is 1. The number of hydrogen-bond acceptors (Lipinski definition) is 5. The van der Waals surface area contributed by atoms with Crippen LogP contribution >= 0.6 is 0 Å². The second-order valence-electron chi connectivity index (χ2n) is 6.04. The predicted octanol–water partition coefficient (Wildman–Crippen LogP) is 2.40. The fraction of sp³-hybridized carbons (Fsp3) is 0.222. The number of anilines is 1. The van der Waals surface area contributed by atoms with Crippen LogP contribution in [-0.2, 0) is 19.6 Å². The highest BCUT2D eigenvalue weighted by molar-refractivity contribution is 7.92. The smallest absolute Gasteiger partial charge is 0.338 e. The lowest BCUT2D eigenvalue weighted by atomic mass is 10.2. The largest absolute Gasteiger partial charge is 0.449 e. The normalized spacial score (nSPS) is 12.2. The van der Waals surface area contributed by atoms with Crippen molar-refractivity contribution < 1.29 is 31.5 Å². The molecule has 0 heterocycles. The Bertz CT molecular complexity index is 992. The Morgan fingerprint density at radius 2 is 1.64 bits per heavy atom. The van der Waals surface area contributed by atoms with Crippen molar-refractivity contribution in [3.63, 3.8) is 0 Å². The summed E-state index contributed by atoms with van der Waals surface area (Å²) in [6, 6.07) is 7.40. The minimum Gasteiger partial charge on any atom is -0.449 e. The summed E-state index contributed by atoms with van der Waals surface area (Å²) >= 11 is 0. The highest BCUT2D eigenvalue weighted by atomic mass is 32.2. The van der Waals surface area contributed by atoms with Gasteiger partial charge in [-0.25, -0.2) is 22.0 Å². The van der Waals surface area contributed by atoms with Crippen molar-refractivity contribution in [3.8, 4) is 0 Å². The van der Waals surface area contributed by atoms with Crippen LogP contribution in [0, 0.1) is 11.6 Å². The molecule has 10 heteroatoms. The van der Waals surface area contributed by atoms with Gasteiger partial charge >= 0.3 is 5.97 Å². The van der Waals surface area contributed by atoms with Crippen molar-refractivity contribution in [1.82, 2.24) is 4.90 Å². The molecule has 0 saturated carbocycles. The number of carbonyl (C=O) groups excluding carboxylic acids is 2. The quantitative estimate of drug-likeness (QED) is 0.736. The fourth-order valence-electron chi connectivity index (χ4n) is 2.18. The van der Waals surface area contributed by atoms with Crippen LogP contribution in [0.1, 0.15) is 17.3 Å². The van der Waals surface area contributed by atoms with Crippen LogP contribution in [0.15, 0.2) is 47.4 Å². The van der Waals surface area contributed by atoms with Gasteiger partial charge in [0.2, 0.25) is 0 Å². The van der Waals surface area contributed by atoms with Crippen LogP contribution in [0.2, 0.25) is 0 Å². The topological polar surface area (TPSA) is 92.8 Å². The first kappa shape index (κ1) is 21.3. The summed E-state index contributed by atoms with van der Waals surface area (Å²) in [5.41, 5.74) is 0.202. The zero-order chi connectivity index (χ0) is 21.1. The number of hydrogen-bond donors (Lipinski definition) is 1. The minimum absolute atomic E-state index is 0.0960. The molecule has 0 fully saturated rings. The van der Waals surface area contributed by atoms with Crippen molar-refractivity contribution in [1.29, 1.82) is 0 Å². The molecule has 2 aromatic carbocycles. The van der Waals surface area contributed by atoms with Crippen LogP contribution in [0.25, 0.3) is 0 Å². The lowest BCUT2D eigenvalue weighted by Gasteiger charge is -2.17. The monoisotopic (exact) mass is 412 g/mol. The summed E-state index contributed by atoms with van der Waals surface area (Å²) in [5, 5.41) is 0. The molecule has 0 aliphatic carbocycles. The van der Waals surface area contributed by atoms with E-state index in [4.69, 9.17) is 4.74 Å². The van der Waals surface area contributed by atoms with Gasteiger partial charge < -0.3 is 9.64 Å². The lowest BCUT2D eigenvalue weighted by Crippen LogP contribution is -2.34. The molecule has 0 unspecified atom stereocenters. The number of nitrogens with one attached hydrogen (secondary N) is 1. The van der Waals surface area contributed by atoms with Gasteiger partial charge in [-0.05, 0) is 49.4 Å². The molecule has 28 heavy (non-hydrogen) atoms. The van der Waals surface area contributed by atoms with E-state index in [1.807, 2.05) is 0 Å². The molecule has 0 aliphatic heterocycles. The molecule has 0 radical (unpaired) electrons. The van der Waals surface area contributed by atoms with Crippen LogP contribution in [0.3, 0.4) is 0 Å². The highest BCUT2D eigenvalue weighted by Crippen LogP contribution is 2.19. The van der Waals surface area contributed by atoms with Crippen LogP contribution in [0.5, 0.6) is 0 Å². The summed E-state index contributed by atoms with van der Waals surface area (Å²) in [6.45, 7) is 1.44. The van der Waals surface area contributed by atoms with Gasteiger partial charge in [0.15, 0.2) is 17.7 Å². The molecule has 0 aromatic heterocycles. The van der Waals surface area contributed by atoms with E-state index < -0.39 is 38.6 Å². The van der Waals surface area contributed by atoms with E-state index >= 15 is 0 Å². The Hall–Kier alpha value is -3.01. The summed E-state index contributed by atoms with van der Waals surface area (Å²) in [5.74, 6) is -3.59. The van der Waals surface area contributed by atoms with Crippen molar-refractivity contribution >= 4 is 27.6 Å². The highest BCUT2D eigenvalue weighted by Gasteiger charge is 2.21. The number of likely N-dealkylation sites (N-methyl/N-ethyl adjacent to an activating group) is 1. The van der Waals surface area contributed by atoms with E-state index in [2.05, 4.69) is 4.72 Å². The van der Waals surface area contributed by atoms with Gasteiger partial charge in [-0.15, -0.1) is 0 Å². The molecule has 2 aromatic rings. The third-order valence-electron chi connectivity index (χ3n) is 3.65. The maximum atomic E-state index is 13.3. The zero-order valence-corrected chi connectivity index (χ0v) is 16.1. The number of sulfonamides is 1. The Labute approximate surface area is 161 Å². The molecule has 1 N–H and O–H groups in total. The van der Waals surface area contributed by atoms with Crippen LogP contribution < -0.4 is 4.72 Å². The minimum atomic E-state index is -4.15. The Morgan fingerprint density at radius 1 is 1.04 bits per heavy atom. The average Bonchev–Trinajstić information content (AvgIpc) is 2.63. The van der Waals surface area contributed by atoms with Gasteiger partial charge in [-0.1, -0.05) is 0 Å². The summed E-state index contributed by atoms with van der Waals surface area (Å²) in [7, 11) is -1.09. The molecular weight excluding hydrogens is 394 g/mol. The van der Waals surface area contributed by atoms with Gasteiger partial charge in [0.1, 0.15) is 0 Å². The molecule has 1 atom stereocenters. The first-order chi connectivity index (χ1) is 13.0. The van der Waals surface area contributed by atoms with E-state index in [0.29, 0.717) is 12.1 Å². The van der Waals surface area contributed by atoms with E-state index in [-0.39, 0.29) is 17.2 Å². The van der Waals surface area contributed by atoms with Crippen molar-refractivity contribution in [2.45, 2.75) is 17.9 Å². The van der Waals surface area contributed by atoms with E-state index in [0.717, 1.165) is 6.07 Å². The standard InChI is InChI=1S/C18H18F2N2O5S/c1-11(17(23)22(2)3)27-18(24)12-4-6-13(7-5-12)21-28(25,26)14-8-9-15(19)16(20)10-14/h4-11,21H,1-3H3/t11-/m1/s1. The summed E-state index contributed by atoms with van der Waals surface area (Å²) in [4.78, 5) is 24.6. The number of benzene rings is 2. The summed E-state index contributed by atoms with van der Waals surface area (Å²) < 4.78 is 57.9. The number of ether oxygens (including phenoxy) is 1. The summed E-state index contributed by atoms with van der Waals surface area (Å²) in [6.07, 6.45) is -0.978. The van der Waals surface area contributed by atoms with Gasteiger partial charge in [-0.3, -0.25) is 9.52 Å². The maximum absolute atomic E-state index is 13.3. The maximum Gasteiger partial charge on any atom is 0.338 e. The first-order valence-electron chi connectivity index (χ1n) is 8.01. The molecule has 2 rings (SSSR count). The SMILES string of the molecule is C[C@@H](OC(=O)c1ccc(NS(=O)(=O)c2ccc(F)c(F)c2)cc1)C(=O)N(C)C. The third-order valence-corrected chi connectivity index (χ3v) is 5.03. The molecule has 0 spiro atoms. The molecular formula is C18H18F2N2O5S. The van der Waals surface area contributed by atoms with Gasteiger partial charge in [0, 0.05) is 19.8 Å². The Balaban J connectivity index is 2.10. The van der Waals surface area contributed by atoms with E-state index in [1.165, 1.54) is 50.2 Å². The van der Waals surface area contributed by atoms with E-state index in [9.17, 15) is 26.8 Å². The molecule has 1 amide bonds. The molecule has 150 valence electrons. The van der Waals surface area contributed by atoms with Crippen LogP contribution in [0.4, 0.5) is 14.5 Å². The van der Waals surface area contributed by atoms with Gasteiger partial charge in [-0.2, -0.15) is 0 Å². The number of rotatable bonds is 6. The van der Waals surface area contributed by atoms with Crippen molar-refractivity contribution in [2.24, 2.45) is 0 Å². The first-order valence-corrected chi connectivity index (χ1v) is 9.49. The Kier molecular flexibility index (Phi) is 6.34. The van der Waals surface area contributed by atoms with Crippen molar-refractivity contribution in [3.05, 3.63) is 59.7 Å². The second-order valence-corrected chi connectivity index (χ2v) is 7.72. The number of esters is 1. The van der Waals surface area contributed by atoms with Crippen LogP contribution in [-0.4, -0.2) is 45.4 Å². The van der Waals surface area contributed by atoms with Crippen molar-refractivity contribution in [2.75, 3.05) is 18.8 Å². The number of amides is 1. The molecule has 0 saturated heterocycles. The Morgan fingerprint density at radius 3 is 2.18 bits per heavy atom. The zero-order valence-electron chi connectivity index (χ0n) is 15.3. The molecule has 7 nitrogen and oxygen atoms in total. The number of halogens is 2. The van der Waals surface area contributed by atoms with Gasteiger partial charge in [0.05, 0.1) is 10.5 Å². The molecule has 0 aliphatic rings. The third kappa shape index (κ3) is 5.03. The lowest BCUT2D eigenvalue weighted by molar-refractivity contribution is -0.137. The predicted molar refractivity (Wildman–Crippen MR) is 97.2 cm³/mol. The fourth-order valence-corrected chi connectivity index (χ4v) is 3.25. The molecule has 0 bridgehead atoms. The second kappa shape index (κ2) is 8.34. The van der Waals surface area contributed by atoms with E-state index in [1.54, 1.807) is 0 Å².